The van der Waals surface area contributed by atoms with Crippen LogP contribution in [0.3, 0.4) is 0 Å². The Morgan fingerprint density at radius 3 is 2.29 bits per heavy atom. The van der Waals surface area contributed by atoms with Crippen LogP contribution in [-0.2, 0) is 11.4 Å². The summed E-state index contributed by atoms with van der Waals surface area (Å²) in [5, 5.41) is 6.11. The molecule has 3 rings (SSSR count). The molecule has 0 radical (unpaired) electrons. The van der Waals surface area contributed by atoms with Crippen molar-refractivity contribution in [1.29, 1.82) is 0 Å². The Hall–Kier alpha value is -3.48. The molecule has 1 heterocycles. The molecule has 0 spiro atoms. The molecule has 2 aromatic rings. The highest BCUT2D eigenvalue weighted by atomic mass is 16.5. The molecule has 0 aliphatic carbocycles. The average Bonchev–Trinajstić information content (AvgIpc) is 3.26. The van der Waals surface area contributed by atoms with Crippen LogP contribution in [0.25, 0.3) is 0 Å². The summed E-state index contributed by atoms with van der Waals surface area (Å²) in [7, 11) is 0. The smallest absolute Gasteiger partial charge is 0.318 e. The van der Waals surface area contributed by atoms with Crippen molar-refractivity contribution < 1.29 is 14.3 Å². The third-order valence-corrected chi connectivity index (χ3v) is 7.29. The molecule has 2 aromatic carbocycles. The monoisotopic (exact) mass is 562 g/mol. The number of likely N-dealkylation sites (tertiary alicyclic amines) is 1. The van der Waals surface area contributed by atoms with Crippen LogP contribution in [-0.4, -0.2) is 55.6 Å². The number of anilines is 1. The summed E-state index contributed by atoms with van der Waals surface area (Å²) in [5.74, 6) is 1.04. The third-order valence-electron chi connectivity index (χ3n) is 7.29. The maximum Gasteiger partial charge on any atom is 0.318 e. The number of urea groups is 1. The van der Waals surface area contributed by atoms with E-state index < -0.39 is 6.04 Å². The number of ether oxygens (including phenoxy) is 1. The number of allylic oxidation sites excluding steroid dienone is 1. The second-order valence-electron chi connectivity index (χ2n) is 11.7. The van der Waals surface area contributed by atoms with Gasteiger partial charge in [0, 0.05) is 38.4 Å². The van der Waals surface area contributed by atoms with Gasteiger partial charge in [0.2, 0.25) is 5.91 Å². The van der Waals surface area contributed by atoms with Gasteiger partial charge in [-0.2, -0.15) is 0 Å². The zero-order valence-corrected chi connectivity index (χ0v) is 25.5. The van der Waals surface area contributed by atoms with E-state index in [1.54, 1.807) is 0 Å². The Labute approximate surface area is 247 Å². The van der Waals surface area contributed by atoms with E-state index in [2.05, 4.69) is 73.6 Å². The molecule has 0 aromatic heterocycles. The standard InChI is InChI=1S/C34H50N4O3/c1-27(2)19-24-37(30-15-17-31(18-16-30)41-26-29-13-8-7-9-14-29)23-12-20-35-33(39)32(25-28(3)4)36-34(40)38-21-10-5-6-11-22-38/h7-9,13-19,28,32H,5-6,10-12,20-26H2,1-4H3,(H,35,39)(H,36,40)/t32-/m0/s1. The van der Waals surface area contributed by atoms with Gasteiger partial charge in [0.15, 0.2) is 0 Å². The zero-order valence-electron chi connectivity index (χ0n) is 25.5. The first-order valence-corrected chi connectivity index (χ1v) is 15.3. The van der Waals surface area contributed by atoms with Crippen LogP contribution in [0.4, 0.5) is 10.5 Å². The van der Waals surface area contributed by atoms with Gasteiger partial charge in [0.05, 0.1) is 0 Å². The summed E-state index contributed by atoms with van der Waals surface area (Å²) in [6.07, 6.45) is 8.02. The van der Waals surface area contributed by atoms with Gasteiger partial charge in [-0.05, 0) is 75.3 Å². The Kier molecular flexibility index (Phi) is 13.6. The number of nitrogens with one attached hydrogen (secondary N) is 2. The van der Waals surface area contributed by atoms with Crippen molar-refractivity contribution in [3.63, 3.8) is 0 Å². The molecule has 0 saturated carbocycles. The summed E-state index contributed by atoms with van der Waals surface area (Å²) in [4.78, 5) is 30.2. The summed E-state index contributed by atoms with van der Waals surface area (Å²) in [6, 6.07) is 17.7. The molecule has 1 aliphatic heterocycles. The van der Waals surface area contributed by atoms with Gasteiger partial charge in [0.25, 0.3) is 0 Å². The Morgan fingerprint density at radius 2 is 1.66 bits per heavy atom. The van der Waals surface area contributed by atoms with E-state index in [-0.39, 0.29) is 11.9 Å². The highest BCUT2D eigenvalue weighted by Gasteiger charge is 2.24. The predicted octanol–water partition coefficient (Wildman–Crippen LogP) is 6.54. The molecule has 41 heavy (non-hydrogen) atoms. The summed E-state index contributed by atoms with van der Waals surface area (Å²) >= 11 is 0. The van der Waals surface area contributed by atoms with Gasteiger partial charge in [-0.25, -0.2) is 4.79 Å². The number of carbonyl (C=O) groups excluding carboxylic acids is 2. The van der Waals surface area contributed by atoms with E-state index >= 15 is 0 Å². The summed E-state index contributed by atoms with van der Waals surface area (Å²) in [6.45, 7) is 12.6. The van der Waals surface area contributed by atoms with Gasteiger partial charge in [-0.15, -0.1) is 0 Å². The van der Waals surface area contributed by atoms with Crippen LogP contribution < -0.4 is 20.3 Å². The van der Waals surface area contributed by atoms with Crippen LogP contribution in [0, 0.1) is 5.92 Å². The minimum atomic E-state index is -0.518. The molecule has 2 N–H and O–H groups in total. The van der Waals surface area contributed by atoms with E-state index in [0.29, 0.717) is 25.5 Å². The predicted molar refractivity (Wildman–Crippen MR) is 168 cm³/mol. The minimum absolute atomic E-state index is 0.0994. The molecule has 3 amide bonds. The van der Waals surface area contributed by atoms with Gasteiger partial charge in [0.1, 0.15) is 18.4 Å². The number of carbonyl (C=O) groups is 2. The van der Waals surface area contributed by atoms with Gasteiger partial charge >= 0.3 is 6.03 Å². The normalized spacial score (nSPS) is 14.1. The van der Waals surface area contributed by atoms with E-state index in [1.165, 1.54) is 5.57 Å². The van der Waals surface area contributed by atoms with Crippen LogP contribution in [0.5, 0.6) is 5.75 Å². The van der Waals surface area contributed by atoms with Crippen molar-refractivity contribution >= 4 is 17.6 Å². The van der Waals surface area contributed by atoms with Gasteiger partial charge in [-0.1, -0.05) is 68.7 Å². The first kappa shape index (κ1) is 32.0. The highest BCUT2D eigenvalue weighted by molar-refractivity contribution is 5.87. The Bertz CT molecular complexity index is 1070. The lowest BCUT2D eigenvalue weighted by molar-refractivity contribution is -0.123. The first-order valence-electron chi connectivity index (χ1n) is 15.3. The molecular formula is C34H50N4O3. The molecule has 0 unspecified atom stereocenters. The fourth-order valence-electron chi connectivity index (χ4n) is 4.93. The Balaban J connectivity index is 1.52. The number of rotatable bonds is 14. The van der Waals surface area contributed by atoms with Gasteiger partial charge in [-0.3, -0.25) is 4.79 Å². The van der Waals surface area contributed by atoms with Crippen LogP contribution in [0.2, 0.25) is 0 Å². The van der Waals surface area contributed by atoms with Crippen molar-refractivity contribution in [2.75, 3.05) is 37.6 Å². The van der Waals surface area contributed by atoms with Crippen LogP contribution in [0.15, 0.2) is 66.2 Å². The van der Waals surface area contributed by atoms with Crippen molar-refractivity contribution in [2.45, 2.75) is 78.9 Å². The molecule has 7 nitrogen and oxygen atoms in total. The summed E-state index contributed by atoms with van der Waals surface area (Å²) in [5.41, 5.74) is 3.52. The fourth-order valence-corrected chi connectivity index (χ4v) is 4.93. The summed E-state index contributed by atoms with van der Waals surface area (Å²) < 4.78 is 5.96. The molecule has 1 saturated heterocycles. The van der Waals surface area contributed by atoms with E-state index in [1.807, 2.05) is 35.2 Å². The average molecular weight is 563 g/mol. The lowest BCUT2D eigenvalue weighted by Gasteiger charge is -2.26. The topological polar surface area (TPSA) is 73.9 Å². The molecule has 1 fully saturated rings. The largest absolute Gasteiger partial charge is 0.489 e. The Morgan fingerprint density at radius 1 is 0.976 bits per heavy atom. The molecular weight excluding hydrogens is 512 g/mol. The van der Waals surface area contributed by atoms with Crippen LogP contribution in [0.1, 0.15) is 71.8 Å². The first-order chi connectivity index (χ1) is 19.8. The van der Waals surface area contributed by atoms with Crippen molar-refractivity contribution in [2.24, 2.45) is 5.92 Å². The molecule has 1 aliphatic rings. The number of nitrogens with zero attached hydrogens (tertiary/aromatic N) is 2. The molecule has 1 atom stereocenters. The lowest BCUT2D eigenvalue weighted by Crippen LogP contribution is -2.52. The second kappa shape index (κ2) is 17.4. The van der Waals surface area contributed by atoms with Crippen LogP contribution >= 0.6 is 0 Å². The SMILES string of the molecule is CC(C)=CCN(CCCNC(=O)[C@H](CC(C)C)NC(=O)N1CCCCCC1)c1ccc(OCc2ccccc2)cc1. The van der Waals surface area contributed by atoms with Crippen molar-refractivity contribution in [3.05, 3.63) is 71.8 Å². The maximum absolute atomic E-state index is 13.1. The second-order valence-corrected chi connectivity index (χ2v) is 11.7. The minimum Gasteiger partial charge on any atom is -0.489 e. The van der Waals surface area contributed by atoms with Crippen molar-refractivity contribution in [3.8, 4) is 5.75 Å². The lowest BCUT2D eigenvalue weighted by atomic mass is 10.0. The van der Waals surface area contributed by atoms with E-state index in [9.17, 15) is 9.59 Å². The van der Waals surface area contributed by atoms with Gasteiger partial charge < -0.3 is 25.2 Å². The maximum atomic E-state index is 13.1. The quantitative estimate of drug-likeness (QED) is 0.202. The molecule has 224 valence electrons. The number of benzene rings is 2. The highest BCUT2D eigenvalue weighted by Crippen LogP contribution is 2.21. The zero-order chi connectivity index (χ0) is 29.5. The number of hydrogen-bond acceptors (Lipinski definition) is 4. The van der Waals surface area contributed by atoms with Crippen molar-refractivity contribution in [1.82, 2.24) is 15.5 Å². The van der Waals surface area contributed by atoms with E-state index in [0.717, 1.165) is 75.3 Å². The number of amides is 3. The van der Waals surface area contributed by atoms with E-state index in [4.69, 9.17) is 4.74 Å². The fraction of sp³-hybridized carbons (Fsp3) is 0.529. The molecule has 0 bridgehead atoms. The number of hydrogen-bond donors (Lipinski definition) is 2. The third kappa shape index (κ3) is 11.9. The molecule has 7 heteroatoms.